The van der Waals surface area contributed by atoms with Crippen molar-refractivity contribution in [2.75, 3.05) is 5.32 Å². The fourth-order valence-corrected chi connectivity index (χ4v) is 6.26. The Morgan fingerprint density at radius 1 is 1.02 bits per heavy atom. The molecule has 1 aliphatic carbocycles. The number of hydrogen-bond acceptors (Lipinski definition) is 6. The topological polar surface area (TPSA) is 136 Å². The van der Waals surface area contributed by atoms with E-state index in [2.05, 4.69) is 32.8 Å². The Balaban J connectivity index is 1.36. The van der Waals surface area contributed by atoms with Crippen molar-refractivity contribution in [2.45, 2.75) is 51.1 Å². The Morgan fingerprint density at radius 2 is 1.83 bits per heavy atom. The summed E-state index contributed by atoms with van der Waals surface area (Å²) in [5.41, 5.74) is 5.88. The molecule has 0 aliphatic heterocycles. The van der Waals surface area contributed by atoms with Crippen LogP contribution in [0.15, 0.2) is 84.3 Å². The summed E-state index contributed by atoms with van der Waals surface area (Å²) >= 11 is 0. The van der Waals surface area contributed by atoms with Crippen LogP contribution in [-0.2, 0) is 25.3 Å². The molecule has 0 bridgehead atoms. The monoisotopic (exact) mass is 619 g/mol. The number of rotatable bonds is 8. The van der Waals surface area contributed by atoms with Crippen LogP contribution in [0.25, 0.3) is 22.4 Å². The number of hydrogen-bond donors (Lipinski definition) is 3. The Morgan fingerprint density at radius 3 is 2.52 bits per heavy atom. The van der Waals surface area contributed by atoms with Gasteiger partial charge in [0, 0.05) is 61.8 Å². The van der Waals surface area contributed by atoms with Crippen molar-refractivity contribution in [3.05, 3.63) is 107 Å². The number of nitrogens with one attached hydrogen (secondary N) is 2. The van der Waals surface area contributed by atoms with Gasteiger partial charge in [-0.25, -0.2) is 4.98 Å². The predicted octanol–water partition coefficient (Wildman–Crippen LogP) is 4.79. The van der Waals surface area contributed by atoms with E-state index in [1.807, 2.05) is 39.2 Å². The van der Waals surface area contributed by atoms with Crippen molar-refractivity contribution in [1.82, 2.24) is 29.2 Å². The molecule has 6 rings (SSSR count). The lowest BCUT2D eigenvalue weighted by Crippen LogP contribution is -2.48. The average Bonchev–Trinajstić information content (AvgIpc) is 3.67. The van der Waals surface area contributed by atoms with Crippen LogP contribution in [0.5, 0.6) is 5.75 Å². The second kappa shape index (κ2) is 12.5. The number of aromatic nitrogens is 5. The summed E-state index contributed by atoms with van der Waals surface area (Å²) in [5, 5.41) is 20.9. The van der Waals surface area contributed by atoms with E-state index in [1.165, 1.54) is 16.9 Å². The van der Waals surface area contributed by atoms with Gasteiger partial charge in [-0.1, -0.05) is 18.2 Å². The molecule has 0 saturated heterocycles. The number of imidazole rings is 1. The van der Waals surface area contributed by atoms with Gasteiger partial charge in [0.05, 0.1) is 18.2 Å². The van der Waals surface area contributed by atoms with Gasteiger partial charge in [0.1, 0.15) is 17.5 Å². The Bertz CT molecular complexity index is 1990. The molecule has 0 unspecified atom stereocenters. The molecule has 0 saturated carbocycles. The van der Waals surface area contributed by atoms with E-state index in [0.717, 1.165) is 40.8 Å². The molecular formula is C35H37N7O4. The number of phenols is 1. The summed E-state index contributed by atoms with van der Waals surface area (Å²) in [4.78, 5) is 44.2. The fraction of sp³-hybridized carbons (Fsp3) is 0.286. The molecule has 0 radical (unpaired) electrons. The molecule has 1 aliphatic rings. The SMILES string of the molecule is CC(C)n1cc(-c2ccc3c(c2)[C@H]([C@H](NC(=O)c2ccnn2C)C(=O)Nc2ccc(-c4cncn4C)c(O)c2)CCC3)ccc1=O. The normalized spacial score (nSPS) is 14.9. The summed E-state index contributed by atoms with van der Waals surface area (Å²) in [6, 6.07) is 15.2. The minimum Gasteiger partial charge on any atom is -0.507 e. The van der Waals surface area contributed by atoms with E-state index in [4.69, 9.17) is 0 Å². The van der Waals surface area contributed by atoms with Gasteiger partial charge in [0.25, 0.3) is 11.5 Å². The van der Waals surface area contributed by atoms with Crippen LogP contribution >= 0.6 is 0 Å². The van der Waals surface area contributed by atoms with Crippen LogP contribution in [-0.4, -0.2) is 46.9 Å². The van der Waals surface area contributed by atoms with E-state index in [-0.39, 0.29) is 23.3 Å². The Labute approximate surface area is 266 Å². The predicted molar refractivity (Wildman–Crippen MR) is 176 cm³/mol. The number of anilines is 1. The van der Waals surface area contributed by atoms with Crippen molar-refractivity contribution in [2.24, 2.45) is 14.1 Å². The number of carbonyl (C=O) groups is 2. The maximum absolute atomic E-state index is 14.1. The van der Waals surface area contributed by atoms with Gasteiger partial charge in [-0.3, -0.25) is 19.1 Å². The van der Waals surface area contributed by atoms with Gasteiger partial charge in [0.2, 0.25) is 5.91 Å². The van der Waals surface area contributed by atoms with E-state index >= 15 is 0 Å². The van der Waals surface area contributed by atoms with Crippen LogP contribution in [0.2, 0.25) is 0 Å². The highest BCUT2D eigenvalue weighted by molar-refractivity contribution is 6.01. The molecule has 3 heterocycles. The first-order chi connectivity index (χ1) is 22.1. The fourth-order valence-electron chi connectivity index (χ4n) is 6.26. The summed E-state index contributed by atoms with van der Waals surface area (Å²) in [5.74, 6) is -1.16. The van der Waals surface area contributed by atoms with Gasteiger partial charge >= 0.3 is 0 Å². The van der Waals surface area contributed by atoms with Gasteiger partial charge in [-0.2, -0.15) is 5.10 Å². The smallest absolute Gasteiger partial charge is 0.270 e. The molecule has 0 fully saturated rings. The molecular weight excluding hydrogens is 582 g/mol. The van der Waals surface area contributed by atoms with Crippen molar-refractivity contribution < 1.29 is 14.7 Å². The lowest BCUT2D eigenvalue weighted by atomic mass is 9.77. The molecule has 3 aromatic heterocycles. The standard InChI is InChI=1S/C35H37N7O4/c1-21(2)42-19-24(10-13-32(42)44)23-9-8-22-6-5-7-26(28(22)16-23)33(39-34(45)29-14-15-37-41(29)4)35(46)38-25-11-12-27(31(43)17-25)30-18-36-20-40(30)3/h8-21,26,33,43H,5-7H2,1-4H3,(H,38,46)(H,39,45)/t26-,33+/m1/s1. The average molecular weight is 620 g/mol. The molecule has 2 aromatic carbocycles. The zero-order valence-electron chi connectivity index (χ0n) is 26.3. The van der Waals surface area contributed by atoms with E-state index in [0.29, 0.717) is 23.4 Å². The largest absolute Gasteiger partial charge is 0.507 e. The first-order valence-corrected chi connectivity index (χ1v) is 15.4. The maximum Gasteiger partial charge on any atom is 0.270 e. The van der Waals surface area contributed by atoms with Crippen LogP contribution in [0.4, 0.5) is 5.69 Å². The Hall–Kier alpha value is -5.45. The molecule has 2 amide bonds. The summed E-state index contributed by atoms with van der Waals surface area (Å²) in [7, 11) is 3.51. The molecule has 5 aromatic rings. The molecule has 11 heteroatoms. The maximum atomic E-state index is 14.1. The summed E-state index contributed by atoms with van der Waals surface area (Å²) in [6.45, 7) is 3.93. The number of aromatic hydroxyl groups is 1. The molecule has 236 valence electrons. The van der Waals surface area contributed by atoms with Gasteiger partial charge in [-0.15, -0.1) is 0 Å². The highest BCUT2D eigenvalue weighted by Gasteiger charge is 2.35. The van der Waals surface area contributed by atoms with Gasteiger partial charge < -0.3 is 24.9 Å². The number of fused-ring (bicyclic) bond motifs is 1. The molecule has 0 spiro atoms. The number of carbonyl (C=O) groups excluding carboxylic acids is 2. The molecule has 3 N–H and O–H groups in total. The zero-order chi connectivity index (χ0) is 32.5. The van der Waals surface area contributed by atoms with Gasteiger partial charge in [-0.05, 0) is 79.6 Å². The van der Waals surface area contributed by atoms with Crippen LogP contribution in [0.3, 0.4) is 0 Å². The number of aryl methyl sites for hydroxylation is 3. The minimum absolute atomic E-state index is 0.00533. The third-order valence-corrected chi connectivity index (χ3v) is 8.72. The minimum atomic E-state index is -0.930. The molecule has 11 nitrogen and oxygen atoms in total. The van der Waals surface area contributed by atoms with Crippen molar-refractivity contribution >= 4 is 17.5 Å². The molecule has 46 heavy (non-hydrogen) atoms. The first-order valence-electron chi connectivity index (χ1n) is 15.4. The Kier molecular flexibility index (Phi) is 8.31. The summed E-state index contributed by atoms with van der Waals surface area (Å²) in [6.07, 6.45) is 9.08. The highest BCUT2D eigenvalue weighted by atomic mass is 16.3. The van der Waals surface area contributed by atoms with Crippen LogP contribution in [0, 0.1) is 0 Å². The third kappa shape index (κ3) is 5.95. The summed E-state index contributed by atoms with van der Waals surface area (Å²) < 4.78 is 4.96. The zero-order valence-corrected chi connectivity index (χ0v) is 26.3. The van der Waals surface area contributed by atoms with E-state index < -0.39 is 17.9 Å². The van der Waals surface area contributed by atoms with Gasteiger partial charge in [0.15, 0.2) is 0 Å². The lowest BCUT2D eigenvalue weighted by molar-refractivity contribution is -0.118. The van der Waals surface area contributed by atoms with Crippen molar-refractivity contribution in [3.8, 4) is 28.1 Å². The van der Waals surface area contributed by atoms with E-state index in [9.17, 15) is 19.5 Å². The van der Waals surface area contributed by atoms with Crippen LogP contribution in [0.1, 0.15) is 60.3 Å². The third-order valence-electron chi connectivity index (χ3n) is 8.72. The quantitative estimate of drug-likeness (QED) is 0.229. The van der Waals surface area contributed by atoms with Crippen molar-refractivity contribution in [1.29, 1.82) is 0 Å². The second-order valence-electron chi connectivity index (χ2n) is 12.1. The number of pyridine rings is 1. The number of phenolic OH excluding ortho intramolecular Hbond substituents is 1. The van der Waals surface area contributed by atoms with E-state index in [1.54, 1.807) is 53.0 Å². The number of amides is 2. The lowest BCUT2D eigenvalue weighted by Gasteiger charge is -2.32. The first kappa shape index (κ1) is 30.6. The van der Waals surface area contributed by atoms with Crippen molar-refractivity contribution in [3.63, 3.8) is 0 Å². The highest BCUT2D eigenvalue weighted by Crippen LogP contribution is 2.38. The number of benzene rings is 2. The number of nitrogens with zero attached hydrogens (tertiary/aromatic N) is 5. The molecule has 2 atom stereocenters. The second-order valence-corrected chi connectivity index (χ2v) is 12.1. The van der Waals surface area contributed by atoms with Crippen LogP contribution < -0.4 is 16.2 Å².